The second kappa shape index (κ2) is 5.46. The molecule has 17 heavy (non-hydrogen) atoms. The lowest BCUT2D eigenvalue weighted by molar-refractivity contribution is -0.124. The molecule has 0 radical (unpaired) electrons. The molecule has 2 N–H and O–H groups in total. The molecular weight excluding hydrogens is 214 g/mol. The predicted octanol–water partition coefficient (Wildman–Crippen LogP) is 0.926. The largest absolute Gasteiger partial charge is 0.355 e. The number of benzene rings is 1. The van der Waals surface area contributed by atoms with E-state index >= 15 is 0 Å². The number of hydrogen-bond acceptors (Lipinski definition) is 3. The first-order chi connectivity index (χ1) is 8.29. The van der Waals surface area contributed by atoms with Crippen molar-refractivity contribution in [2.75, 3.05) is 6.54 Å². The molecule has 1 aliphatic rings. The third-order valence-electron chi connectivity index (χ3n) is 2.89. The minimum absolute atomic E-state index is 0.0766. The minimum Gasteiger partial charge on any atom is -0.355 e. The van der Waals surface area contributed by atoms with E-state index in [1.165, 1.54) is 0 Å². The minimum atomic E-state index is -0.102. The van der Waals surface area contributed by atoms with Crippen LogP contribution in [0.5, 0.6) is 0 Å². The molecule has 0 spiro atoms. The van der Waals surface area contributed by atoms with Gasteiger partial charge in [0.05, 0.1) is 17.7 Å². The second-order valence-electron chi connectivity index (χ2n) is 4.18. The van der Waals surface area contributed by atoms with Crippen LogP contribution in [0.3, 0.4) is 0 Å². The third-order valence-corrected chi connectivity index (χ3v) is 2.89. The van der Waals surface area contributed by atoms with Gasteiger partial charge in [0.1, 0.15) is 0 Å². The first-order valence-corrected chi connectivity index (χ1v) is 5.80. The van der Waals surface area contributed by atoms with Gasteiger partial charge in [-0.1, -0.05) is 12.1 Å². The Morgan fingerprint density at radius 3 is 3.18 bits per heavy atom. The normalized spacial score (nSPS) is 19.5. The van der Waals surface area contributed by atoms with Crippen LogP contribution < -0.4 is 10.6 Å². The van der Waals surface area contributed by atoms with E-state index in [0.717, 1.165) is 24.9 Å². The fourth-order valence-electron chi connectivity index (χ4n) is 1.96. The van der Waals surface area contributed by atoms with E-state index in [2.05, 4.69) is 16.7 Å². The van der Waals surface area contributed by atoms with E-state index in [1.54, 1.807) is 6.07 Å². The highest BCUT2D eigenvalue weighted by molar-refractivity contribution is 5.82. The Balaban J connectivity index is 1.93. The molecule has 1 heterocycles. The summed E-state index contributed by atoms with van der Waals surface area (Å²) in [4.78, 5) is 11.5. The van der Waals surface area contributed by atoms with Crippen molar-refractivity contribution >= 4 is 5.91 Å². The van der Waals surface area contributed by atoms with E-state index in [9.17, 15) is 4.79 Å². The molecule has 1 unspecified atom stereocenters. The standard InChI is InChI=1S/C13H15N3O/c14-8-10-3-1-4-11(7-10)9-16-12-5-2-6-15-13(12)17/h1,3-4,7,12,16H,2,5-6,9H2,(H,15,17). The van der Waals surface area contributed by atoms with Crippen molar-refractivity contribution in [1.29, 1.82) is 5.26 Å². The van der Waals surface area contributed by atoms with Gasteiger partial charge in [0.25, 0.3) is 0 Å². The predicted molar refractivity (Wildman–Crippen MR) is 64.0 cm³/mol. The molecule has 2 rings (SSSR count). The smallest absolute Gasteiger partial charge is 0.237 e. The monoisotopic (exact) mass is 229 g/mol. The number of hydrogen-bond donors (Lipinski definition) is 2. The number of carbonyl (C=O) groups is 1. The van der Waals surface area contributed by atoms with Crippen LogP contribution in [-0.4, -0.2) is 18.5 Å². The van der Waals surface area contributed by atoms with Crippen LogP contribution in [-0.2, 0) is 11.3 Å². The summed E-state index contributed by atoms with van der Waals surface area (Å²) in [6, 6.07) is 9.43. The summed E-state index contributed by atoms with van der Waals surface area (Å²) in [5, 5.41) is 14.8. The summed E-state index contributed by atoms with van der Waals surface area (Å²) in [6.45, 7) is 1.40. The van der Waals surface area contributed by atoms with Gasteiger partial charge >= 0.3 is 0 Å². The Labute approximate surface area is 101 Å². The maximum absolute atomic E-state index is 11.5. The van der Waals surface area contributed by atoms with Gasteiger partial charge in [-0.3, -0.25) is 4.79 Å². The Hall–Kier alpha value is -1.86. The third kappa shape index (κ3) is 3.05. The van der Waals surface area contributed by atoms with Crippen LogP contribution in [0.25, 0.3) is 0 Å². The summed E-state index contributed by atoms with van der Waals surface area (Å²) in [5.41, 5.74) is 1.68. The van der Waals surface area contributed by atoms with Crippen LogP contribution in [0.15, 0.2) is 24.3 Å². The van der Waals surface area contributed by atoms with Crippen molar-refractivity contribution in [1.82, 2.24) is 10.6 Å². The summed E-state index contributed by atoms with van der Waals surface area (Å²) >= 11 is 0. The summed E-state index contributed by atoms with van der Waals surface area (Å²) in [6.07, 6.45) is 1.89. The number of amides is 1. The quantitative estimate of drug-likeness (QED) is 0.810. The molecule has 4 nitrogen and oxygen atoms in total. The van der Waals surface area contributed by atoms with Crippen molar-refractivity contribution in [3.05, 3.63) is 35.4 Å². The van der Waals surface area contributed by atoms with Gasteiger partial charge in [-0.15, -0.1) is 0 Å². The molecule has 0 aromatic heterocycles. The SMILES string of the molecule is N#Cc1cccc(CNC2CCCNC2=O)c1. The van der Waals surface area contributed by atoms with E-state index in [1.807, 2.05) is 18.2 Å². The summed E-state index contributed by atoms with van der Waals surface area (Å²) in [5.74, 6) is 0.0766. The van der Waals surface area contributed by atoms with Crippen molar-refractivity contribution in [3.63, 3.8) is 0 Å². The van der Waals surface area contributed by atoms with E-state index in [4.69, 9.17) is 5.26 Å². The van der Waals surface area contributed by atoms with Crippen LogP contribution in [0.4, 0.5) is 0 Å². The number of nitriles is 1. The Bertz CT molecular complexity index is 450. The van der Waals surface area contributed by atoms with E-state index in [-0.39, 0.29) is 11.9 Å². The molecule has 1 aromatic carbocycles. The van der Waals surface area contributed by atoms with E-state index < -0.39 is 0 Å². The topological polar surface area (TPSA) is 64.9 Å². The van der Waals surface area contributed by atoms with Crippen LogP contribution in [0, 0.1) is 11.3 Å². The number of carbonyl (C=O) groups excluding carboxylic acids is 1. The van der Waals surface area contributed by atoms with Gasteiger partial charge in [-0.25, -0.2) is 0 Å². The van der Waals surface area contributed by atoms with Gasteiger partial charge < -0.3 is 10.6 Å². The number of nitrogens with one attached hydrogen (secondary N) is 2. The zero-order chi connectivity index (χ0) is 12.1. The molecule has 1 aromatic rings. The Morgan fingerprint density at radius 2 is 2.41 bits per heavy atom. The molecule has 1 fully saturated rings. The number of piperidine rings is 1. The van der Waals surface area contributed by atoms with Gasteiger partial charge in [0, 0.05) is 13.1 Å². The van der Waals surface area contributed by atoms with Crippen LogP contribution in [0.2, 0.25) is 0 Å². The average molecular weight is 229 g/mol. The maximum Gasteiger partial charge on any atom is 0.237 e. The number of nitrogens with zero attached hydrogens (tertiary/aromatic N) is 1. The highest BCUT2D eigenvalue weighted by atomic mass is 16.2. The zero-order valence-electron chi connectivity index (χ0n) is 9.57. The van der Waals surface area contributed by atoms with Crippen LogP contribution >= 0.6 is 0 Å². The highest BCUT2D eigenvalue weighted by Crippen LogP contribution is 2.07. The Kier molecular flexibility index (Phi) is 3.73. The summed E-state index contributed by atoms with van der Waals surface area (Å²) < 4.78 is 0. The molecule has 1 amide bonds. The fourth-order valence-corrected chi connectivity index (χ4v) is 1.96. The highest BCUT2D eigenvalue weighted by Gasteiger charge is 2.20. The molecule has 0 bridgehead atoms. The summed E-state index contributed by atoms with van der Waals surface area (Å²) in [7, 11) is 0. The zero-order valence-corrected chi connectivity index (χ0v) is 9.57. The fraction of sp³-hybridized carbons (Fsp3) is 0.385. The first-order valence-electron chi connectivity index (χ1n) is 5.80. The molecule has 4 heteroatoms. The van der Waals surface area contributed by atoms with Gasteiger partial charge in [-0.05, 0) is 30.5 Å². The number of rotatable bonds is 3. The molecule has 1 atom stereocenters. The first kappa shape index (κ1) is 11.6. The molecule has 0 saturated carbocycles. The second-order valence-corrected chi connectivity index (χ2v) is 4.18. The van der Waals surface area contributed by atoms with Crippen LogP contribution in [0.1, 0.15) is 24.0 Å². The molecule has 88 valence electrons. The van der Waals surface area contributed by atoms with Crippen molar-refractivity contribution in [2.24, 2.45) is 0 Å². The Morgan fingerprint density at radius 1 is 1.53 bits per heavy atom. The van der Waals surface area contributed by atoms with Gasteiger partial charge in [-0.2, -0.15) is 5.26 Å². The molecule has 1 aliphatic heterocycles. The average Bonchev–Trinajstić information content (AvgIpc) is 2.38. The molecular formula is C13H15N3O. The molecule has 1 saturated heterocycles. The van der Waals surface area contributed by atoms with Crippen molar-refractivity contribution in [3.8, 4) is 6.07 Å². The lowest BCUT2D eigenvalue weighted by Gasteiger charge is -2.22. The van der Waals surface area contributed by atoms with E-state index in [0.29, 0.717) is 12.1 Å². The van der Waals surface area contributed by atoms with Crippen molar-refractivity contribution < 1.29 is 4.79 Å². The van der Waals surface area contributed by atoms with Crippen molar-refractivity contribution in [2.45, 2.75) is 25.4 Å². The lowest BCUT2D eigenvalue weighted by atomic mass is 10.1. The maximum atomic E-state index is 11.5. The molecule has 0 aliphatic carbocycles. The van der Waals surface area contributed by atoms with Gasteiger partial charge in [0.15, 0.2) is 0 Å². The van der Waals surface area contributed by atoms with Gasteiger partial charge in [0.2, 0.25) is 5.91 Å². The lowest BCUT2D eigenvalue weighted by Crippen LogP contribution is -2.47.